The van der Waals surface area contributed by atoms with Gasteiger partial charge in [-0.15, -0.1) is 11.3 Å². The van der Waals surface area contributed by atoms with Gasteiger partial charge < -0.3 is 5.32 Å². The van der Waals surface area contributed by atoms with Crippen LogP contribution in [0, 0.1) is 6.92 Å². The molecule has 0 saturated carbocycles. The summed E-state index contributed by atoms with van der Waals surface area (Å²) in [5.41, 5.74) is 1.52. The molecule has 0 aliphatic rings. The lowest BCUT2D eigenvalue weighted by Crippen LogP contribution is -2.22. The zero-order valence-corrected chi connectivity index (χ0v) is 15.2. The number of para-hydroxylation sites is 1. The molecule has 0 saturated heterocycles. The molecule has 5 nitrogen and oxygen atoms in total. The highest BCUT2D eigenvalue weighted by Gasteiger charge is 2.19. The summed E-state index contributed by atoms with van der Waals surface area (Å²) in [5, 5.41) is 3.83. The number of nitrogens with zero attached hydrogens (tertiary/aromatic N) is 2. The molecule has 2 aromatic carbocycles. The van der Waals surface area contributed by atoms with E-state index in [1.807, 2.05) is 67.6 Å². The average molecular weight is 363 g/mol. The average Bonchev–Trinajstić information content (AvgIpc) is 3.18. The van der Waals surface area contributed by atoms with Gasteiger partial charge in [0.05, 0.1) is 16.3 Å². The highest BCUT2D eigenvalue weighted by atomic mass is 32.1. The molecular weight excluding hydrogens is 346 g/mol. The van der Waals surface area contributed by atoms with Crippen molar-refractivity contribution in [1.82, 2.24) is 9.36 Å². The Hall–Kier alpha value is -3.12. The lowest BCUT2D eigenvalue weighted by molar-refractivity contribution is 0.103. The van der Waals surface area contributed by atoms with E-state index >= 15 is 0 Å². The molecule has 0 aliphatic carbocycles. The van der Waals surface area contributed by atoms with Crippen molar-refractivity contribution in [2.24, 2.45) is 7.05 Å². The molecule has 1 amide bonds. The van der Waals surface area contributed by atoms with Crippen LogP contribution in [-0.4, -0.2) is 15.3 Å². The predicted octanol–water partition coefficient (Wildman–Crippen LogP) is 3.95. The summed E-state index contributed by atoms with van der Waals surface area (Å²) in [5.74, 6) is -0.266. The summed E-state index contributed by atoms with van der Waals surface area (Å²) in [7, 11) is 1.80. The van der Waals surface area contributed by atoms with Gasteiger partial charge in [0, 0.05) is 11.7 Å². The van der Waals surface area contributed by atoms with E-state index in [1.165, 1.54) is 11.3 Å². The zero-order valence-electron chi connectivity index (χ0n) is 14.4. The van der Waals surface area contributed by atoms with Gasteiger partial charge in [0.25, 0.3) is 11.5 Å². The minimum Gasteiger partial charge on any atom is -0.315 e. The van der Waals surface area contributed by atoms with Crippen LogP contribution in [0.15, 0.2) is 65.5 Å². The molecule has 2 aromatic heterocycles. The fraction of sp³-hybridized carbons (Fsp3) is 0.100. The Kier molecular flexibility index (Phi) is 3.97. The summed E-state index contributed by atoms with van der Waals surface area (Å²) in [6, 6.07) is 19.1. The number of anilines is 1. The van der Waals surface area contributed by atoms with Gasteiger partial charge in [0.1, 0.15) is 5.69 Å². The van der Waals surface area contributed by atoms with Crippen LogP contribution in [0.4, 0.5) is 5.69 Å². The maximum atomic E-state index is 12.9. The lowest BCUT2D eigenvalue weighted by atomic mass is 10.2. The molecule has 0 unspecified atom stereocenters. The molecule has 4 aromatic rings. The first-order chi connectivity index (χ1) is 12.6. The van der Waals surface area contributed by atoms with Crippen LogP contribution >= 0.6 is 11.3 Å². The third kappa shape index (κ3) is 2.64. The van der Waals surface area contributed by atoms with Gasteiger partial charge in [-0.25, -0.2) is 4.68 Å². The number of benzene rings is 2. The molecule has 6 heteroatoms. The van der Waals surface area contributed by atoms with E-state index in [0.29, 0.717) is 16.3 Å². The molecule has 0 aliphatic heterocycles. The smallest absolute Gasteiger partial charge is 0.295 e. The summed E-state index contributed by atoms with van der Waals surface area (Å²) < 4.78 is 4.35. The topological polar surface area (TPSA) is 56.0 Å². The fourth-order valence-electron chi connectivity index (χ4n) is 2.98. The van der Waals surface area contributed by atoms with Crippen LogP contribution in [0.3, 0.4) is 0 Å². The van der Waals surface area contributed by atoms with E-state index in [4.69, 9.17) is 0 Å². The molecule has 0 fully saturated rings. The van der Waals surface area contributed by atoms with E-state index in [0.717, 1.165) is 15.8 Å². The van der Waals surface area contributed by atoms with Crippen LogP contribution in [0.5, 0.6) is 0 Å². The molecular formula is C20H17N3O2S. The third-order valence-electron chi connectivity index (χ3n) is 4.44. The van der Waals surface area contributed by atoms with E-state index in [9.17, 15) is 9.59 Å². The zero-order chi connectivity index (χ0) is 18.3. The quantitative estimate of drug-likeness (QED) is 0.599. The van der Waals surface area contributed by atoms with Gasteiger partial charge in [0.2, 0.25) is 0 Å². The van der Waals surface area contributed by atoms with Gasteiger partial charge in [-0.2, -0.15) is 0 Å². The summed E-state index contributed by atoms with van der Waals surface area (Å²) in [6.45, 7) is 1.82. The van der Waals surface area contributed by atoms with Crippen molar-refractivity contribution in [3.8, 4) is 5.69 Å². The van der Waals surface area contributed by atoms with Gasteiger partial charge in [0.15, 0.2) is 0 Å². The number of hydrogen-bond acceptors (Lipinski definition) is 3. The maximum absolute atomic E-state index is 12.9. The van der Waals surface area contributed by atoms with Crippen molar-refractivity contribution in [2.45, 2.75) is 6.92 Å². The number of hydrogen-bond donors (Lipinski definition) is 1. The van der Waals surface area contributed by atoms with Crippen LogP contribution in [0.1, 0.15) is 15.4 Å². The largest absolute Gasteiger partial charge is 0.315 e. The van der Waals surface area contributed by atoms with E-state index in [1.54, 1.807) is 16.4 Å². The summed E-state index contributed by atoms with van der Waals surface area (Å²) >= 11 is 1.42. The number of aromatic nitrogens is 2. The number of amides is 1. The van der Waals surface area contributed by atoms with Crippen molar-refractivity contribution in [3.63, 3.8) is 0 Å². The molecule has 0 atom stereocenters. The Bertz CT molecular complexity index is 1140. The van der Waals surface area contributed by atoms with Crippen molar-refractivity contribution in [3.05, 3.63) is 81.6 Å². The summed E-state index contributed by atoms with van der Waals surface area (Å²) in [4.78, 5) is 26.2. The molecule has 2 heterocycles. The fourth-order valence-corrected chi connectivity index (χ4v) is 3.94. The first kappa shape index (κ1) is 16.4. The first-order valence-corrected chi connectivity index (χ1v) is 9.02. The second-order valence-corrected chi connectivity index (χ2v) is 7.12. The molecule has 0 radical (unpaired) electrons. The number of rotatable bonds is 3. The Morgan fingerprint density at radius 1 is 1.04 bits per heavy atom. The maximum Gasteiger partial charge on any atom is 0.295 e. The second kappa shape index (κ2) is 6.31. The van der Waals surface area contributed by atoms with Crippen molar-refractivity contribution >= 4 is 33.0 Å². The van der Waals surface area contributed by atoms with Crippen molar-refractivity contribution < 1.29 is 4.79 Å². The van der Waals surface area contributed by atoms with Crippen LogP contribution in [0.2, 0.25) is 0 Å². The third-order valence-corrected chi connectivity index (χ3v) is 5.56. The van der Waals surface area contributed by atoms with Gasteiger partial charge in [-0.1, -0.05) is 36.4 Å². The molecule has 0 bridgehead atoms. The Labute approximate surface area is 154 Å². The molecule has 1 N–H and O–H groups in total. The SMILES string of the molecule is Cc1c(NC(=O)c2cc3ccccc3s2)c(=O)n(-c2ccccc2)n1C. The standard InChI is InChI=1S/C20H17N3O2S/c1-13-18(20(25)23(22(13)2)15-9-4-3-5-10-15)21-19(24)17-12-14-8-6-7-11-16(14)26-17/h3-12H,1-2H3,(H,21,24). The number of nitrogens with one attached hydrogen (secondary N) is 1. The first-order valence-electron chi connectivity index (χ1n) is 8.20. The van der Waals surface area contributed by atoms with E-state index < -0.39 is 0 Å². The normalized spacial score (nSPS) is 11.0. The number of thiophene rings is 1. The van der Waals surface area contributed by atoms with Crippen LogP contribution in [0.25, 0.3) is 15.8 Å². The van der Waals surface area contributed by atoms with Gasteiger partial charge >= 0.3 is 0 Å². The Morgan fingerprint density at radius 3 is 2.46 bits per heavy atom. The van der Waals surface area contributed by atoms with E-state index in [-0.39, 0.29) is 11.5 Å². The lowest BCUT2D eigenvalue weighted by Gasteiger charge is -2.07. The van der Waals surface area contributed by atoms with Crippen molar-refractivity contribution in [2.75, 3.05) is 5.32 Å². The number of carbonyl (C=O) groups is 1. The molecule has 26 heavy (non-hydrogen) atoms. The molecule has 4 rings (SSSR count). The predicted molar refractivity (Wildman–Crippen MR) is 106 cm³/mol. The highest BCUT2D eigenvalue weighted by Crippen LogP contribution is 2.26. The molecule has 0 spiro atoms. The highest BCUT2D eigenvalue weighted by molar-refractivity contribution is 7.20. The minimum absolute atomic E-state index is 0.245. The second-order valence-electron chi connectivity index (χ2n) is 6.04. The minimum atomic E-state index is -0.266. The Balaban J connectivity index is 1.72. The Morgan fingerprint density at radius 2 is 1.73 bits per heavy atom. The summed E-state index contributed by atoms with van der Waals surface area (Å²) in [6.07, 6.45) is 0. The van der Waals surface area contributed by atoms with E-state index in [2.05, 4.69) is 5.32 Å². The van der Waals surface area contributed by atoms with Gasteiger partial charge in [-0.05, 0) is 36.6 Å². The van der Waals surface area contributed by atoms with Crippen molar-refractivity contribution in [1.29, 1.82) is 0 Å². The number of fused-ring (bicyclic) bond motifs is 1. The number of carbonyl (C=O) groups excluding carboxylic acids is 1. The van der Waals surface area contributed by atoms with Crippen LogP contribution < -0.4 is 10.9 Å². The molecule has 130 valence electrons. The van der Waals surface area contributed by atoms with Crippen LogP contribution in [-0.2, 0) is 7.05 Å². The van der Waals surface area contributed by atoms with Gasteiger partial charge in [-0.3, -0.25) is 14.3 Å². The monoisotopic (exact) mass is 363 g/mol.